The second kappa shape index (κ2) is 7.78. The number of carbonyl (C=O) groups is 1. The van der Waals surface area contributed by atoms with Crippen LogP contribution in [0, 0.1) is 11.8 Å². The van der Waals surface area contributed by atoms with E-state index in [9.17, 15) is 9.90 Å². The predicted molar refractivity (Wildman–Crippen MR) is 93.1 cm³/mol. The molecule has 2 aromatic rings. The van der Waals surface area contributed by atoms with E-state index in [4.69, 9.17) is 9.47 Å². The zero-order chi connectivity index (χ0) is 17.8. The van der Waals surface area contributed by atoms with E-state index in [0.717, 1.165) is 36.8 Å². The number of carbonyl (C=O) groups excluding carboxylic acids is 1. The van der Waals surface area contributed by atoms with Gasteiger partial charge in [0.2, 0.25) is 5.88 Å². The molecule has 1 atom stereocenters. The van der Waals surface area contributed by atoms with Crippen molar-refractivity contribution in [2.75, 3.05) is 14.2 Å². The van der Waals surface area contributed by atoms with Crippen LogP contribution in [-0.2, 0) is 9.53 Å². The number of nitrogens with zero attached hydrogens (tertiary/aromatic N) is 2. The van der Waals surface area contributed by atoms with Crippen molar-refractivity contribution >= 4 is 17.0 Å². The summed E-state index contributed by atoms with van der Waals surface area (Å²) in [6.07, 6.45) is 5.26. The SMILES string of the molecule is COc1ccc2nccc(C(O)C[C@H]3CC[C@H](C(=O)OC)CC3)c2n1. The standard InChI is InChI=1S/C19H24N2O4/c1-24-17-8-7-15-18(21-17)14(9-10-20-15)16(22)11-12-3-5-13(6-4-12)19(23)25-2/h7-10,12-13,16,22H,3-6,11H2,1-2H3/t12-,13-,16?. The number of aromatic nitrogens is 2. The van der Waals surface area contributed by atoms with E-state index in [0.29, 0.717) is 23.7 Å². The van der Waals surface area contributed by atoms with E-state index in [-0.39, 0.29) is 11.9 Å². The van der Waals surface area contributed by atoms with Crippen LogP contribution in [0.25, 0.3) is 11.0 Å². The minimum absolute atomic E-state index is 0.00563. The summed E-state index contributed by atoms with van der Waals surface area (Å²) in [5, 5.41) is 10.8. The zero-order valence-corrected chi connectivity index (χ0v) is 14.6. The van der Waals surface area contributed by atoms with Gasteiger partial charge in [-0.1, -0.05) is 0 Å². The lowest BCUT2D eigenvalue weighted by Gasteiger charge is -2.28. The molecule has 0 radical (unpaired) electrons. The Labute approximate surface area is 147 Å². The van der Waals surface area contributed by atoms with E-state index in [1.54, 1.807) is 19.4 Å². The number of esters is 1. The summed E-state index contributed by atoms with van der Waals surface area (Å²) in [6.45, 7) is 0. The van der Waals surface area contributed by atoms with Gasteiger partial charge in [-0.2, -0.15) is 0 Å². The summed E-state index contributed by atoms with van der Waals surface area (Å²) < 4.78 is 10.0. The number of aliphatic hydroxyl groups is 1. The van der Waals surface area contributed by atoms with Crippen molar-refractivity contribution in [3.8, 4) is 5.88 Å². The number of aliphatic hydroxyl groups excluding tert-OH is 1. The van der Waals surface area contributed by atoms with E-state index < -0.39 is 6.10 Å². The molecule has 0 amide bonds. The van der Waals surface area contributed by atoms with Gasteiger partial charge >= 0.3 is 5.97 Å². The number of ether oxygens (including phenoxy) is 2. The third-order valence-corrected chi connectivity index (χ3v) is 5.10. The minimum atomic E-state index is -0.607. The van der Waals surface area contributed by atoms with Gasteiger partial charge in [-0.05, 0) is 50.2 Å². The zero-order valence-electron chi connectivity index (χ0n) is 14.6. The van der Waals surface area contributed by atoms with Crippen LogP contribution in [0.5, 0.6) is 5.88 Å². The van der Waals surface area contributed by atoms with E-state index in [1.807, 2.05) is 12.1 Å². The predicted octanol–water partition coefficient (Wildman–Crippen LogP) is 3.04. The Balaban J connectivity index is 1.71. The van der Waals surface area contributed by atoms with Crippen molar-refractivity contribution in [2.45, 2.75) is 38.2 Å². The average Bonchev–Trinajstić information content (AvgIpc) is 2.66. The molecule has 6 heteroatoms. The number of fused-ring (bicyclic) bond motifs is 1. The van der Waals surface area contributed by atoms with Gasteiger partial charge in [-0.3, -0.25) is 9.78 Å². The second-order valence-corrected chi connectivity index (χ2v) is 6.61. The maximum atomic E-state index is 11.6. The molecule has 3 rings (SSSR count). The highest BCUT2D eigenvalue weighted by Crippen LogP contribution is 2.36. The van der Waals surface area contributed by atoms with Gasteiger partial charge < -0.3 is 14.6 Å². The molecule has 2 aromatic heterocycles. The molecule has 0 bridgehead atoms. The summed E-state index contributed by atoms with van der Waals surface area (Å²) in [7, 11) is 3.01. The first-order valence-electron chi connectivity index (χ1n) is 8.68. The molecule has 25 heavy (non-hydrogen) atoms. The minimum Gasteiger partial charge on any atom is -0.481 e. The molecule has 0 saturated heterocycles. The Hall–Kier alpha value is -2.21. The van der Waals surface area contributed by atoms with E-state index in [2.05, 4.69) is 9.97 Å². The quantitative estimate of drug-likeness (QED) is 0.840. The summed E-state index contributed by atoms with van der Waals surface area (Å²) in [6, 6.07) is 5.43. The van der Waals surface area contributed by atoms with Gasteiger partial charge in [0.15, 0.2) is 0 Å². The van der Waals surface area contributed by atoms with Crippen molar-refractivity contribution in [2.24, 2.45) is 11.8 Å². The van der Waals surface area contributed by atoms with Gasteiger partial charge in [0, 0.05) is 17.8 Å². The molecule has 1 aliphatic carbocycles. The second-order valence-electron chi connectivity index (χ2n) is 6.61. The number of rotatable bonds is 5. The van der Waals surface area contributed by atoms with Crippen LogP contribution >= 0.6 is 0 Å². The maximum Gasteiger partial charge on any atom is 0.308 e. The Morgan fingerprint density at radius 1 is 1.24 bits per heavy atom. The summed E-state index contributed by atoms with van der Waals surface area (Å²) >= 11 is 0. The molecule has 1 fully saturated rings. The molecule has 134 valence electrons. The number of hydrogen-bond donors (Lipinski definition) is 1. The van der Waals surface area contributed by atoms with Crippen LogP contribution in [0.15, 0.2) is 24.4 Å². The highest BCUT2D eigenvalue weighted by Gasteiger charge is 2.28. The molecular formula is C19H24N2O4. The fourth-order valence-electron chi connectivity index (χ4n) is 3.65. The van der Waals surface area contributed by atoms with E-state index in [1.165, 1.54) is 7.11 Å². The van der Waals surface area contributed by atoms with Crippen LogP contribution in [0.1, 0.15) is 43.8 Å². The summed E-state index contributed by atoms with van der Waals surface area (Å²) in [5.74, 6) is 0.791. The average molecular weight is 344 g/mol. The largest absolute Gasteiger partial charge is 0.481 e. The summed E-state index contributed by atoms with van der Waals surface area (Å²) in [5.41, 5.74) is 2.20. The molecular weight excluding hydrogens is 320 g/mol. The van der Waals surface area contributed by atoms with Crippen LogP contribution in [0.3, 0.4) is 0 Å². The molecule has 1 unspecified atom stereocenters. The first-order valence-corrected chi connectivity index (χ1v) is 8.68. The lowest BCUT2D eigenvalue weighted by Crippen LogP contribution is -2.23. The molecule has 1 saturated carbocycles. The molecule has 0 aromatic carbocycles. The van der Waals surface area contributed by atoms with Gasteiger partial charge in [0.25, 0.3) is 0 Å². The third-order valence-electron chi connectivity index (χ3n) is 5.10. The van der Waals surface area contributed by atoms with Gasteiger partial charge in [0.1, 0.15) is 0 Å². The van der Waals surface area contributed by atoms with Crippen LogP contribution in [0.4, 0.5) is 0 Å². The third kappa shape index (κ3) is 3.90. The fourth-order valence-corrected chi connectivity index (χ4v) is 3.65. The highest BCUT2D eigenvalue weighted by atomic mass is 16.5. The Morgan fingerprint density at radius 2 is 2.00 bits per heavy atom. The van der Waals surface area contributed by atoms with Gasteiger partial charge in [-0.25, -0.2) is 4.98 Å². The molecule has 0 aliphatic heterocycles. The molecule has 2 heterocycles. The van der Waals surface area contributed by atoms with Crippen LogP contribution in [-0.4, -0.2) is 35.3 Å². The smallest absolute Gasteiger partial charge is 0.308 e. The monoisotopic (exact) mass is 344 g/mol. The molecule has 1 aliphatic rings. The lowest BCUT2D eigenvalue weighted by molar-refractivity contribution is -0.146. The van der Waals surface area contributed by atoms with Crippen LogP contribution < -0.4 is 4.74 Å². The van der Waals surface area contributed by atoms with Crippen molar-refractivity contribution < 1.29 is 19.4 Å². The van der Waals surface area contributed by atoms with Gasteiger partial charge in [0.05, 0.1) is 37.3 Å². The Morgan fingerprint density at radius 3 is 2.68 bits per heavy atom. The number of hydrogen-bond acceptors (Lipinski definition) is 6. The highest BCUT2D eigenvalue weighted by molar-refractivity contribution is 5.78. The number of methoxy groups -OCH3 is 2. The molecule has 1 N–H and O–H groups in total. The molecule has 6 nitrogen and oxygen atoms in total. The normalized spacial score (nSPS) is 21.7. The first-order chi connectivity index (χ1) is 12.1. The Kier molecular flexibility index (Phi) is 5.48. The maximum absolute atomic E-state index is 11.6. The van der Waals surface area contributed by atoms with Crippen molar-refractivity contribution in [3.63, 3.8) is 0 Å². The van der Waals surface area contributed by atoms with Crippen molar-refractivity contribution in [3.05, 3.63) is 30.0 Å². The van der Waals surface area contributed by atoms with Crippen molar-refractivity contribution in [1.29, 1.82) is 0 Å². The van der Waals surface area contributed by atoms with E-state index >= 15 is 0 Å². The Bertz CT molecular complexity index is 741. The van der Waals surface area contributed by atoms with Crippen LogP contribution in [0.2, 0.25) is 0 Å². The number of pyridine rings is 2. The van der Waals surface area contributed by atoms with Crippen molar-refractivity contribution in [1.82, 2.24) is 9.97 Å². The topological polar surface area (TPSA) is 81.5 Å². The molecule has 0 spiro atoms. The van der Waals surface area contributed by atoms with Gasteiger partial charge in [-0.15, -0.1) is 0 Å². The fraction of sp³-hybridized carbons (Fsp3) is 0.526. The first kappa shape index (κ1) is 17.6. The summed E-state index contributed by atoms with van der Waals surface area (Å²) in [4.78, 5) is 20.4. The lowest BCUT2D eigenvalue weighted by atomic mass is 9.79.